The summed E-state index contributed by atoms with van der Waals surface area (Å²) in [7, 11) is -4.05. The van der Waals surface area contributed by atoms with Crippen LogP contribution in [-0.4, -0.2) is 13.3 Å². The minimum absolute atomic E-state index is 0.0168. The molecule has 1 aromatic heterocycles. The van der Waals surface area contributed by atoms with Crippen LogP contribution in [0.1, 0.15) is 5.56 Å². The molecule has 0 spiro atoms. The minimum atomic E-state index is -4.05. The lowest BCUT2D eigenvalue weighted by atomic mass is 10.2. The first-order chi connectivity index (χ1) is 11.8. The zero-order valence-electron chi connectivity index (χ0n) is 12.9. The Morgan fingerprint density at radius 3 is 2.40 bits per heavy atom. The molecular formula is C16H12N2O6S. The largest absolute Gasteiger partial charge is 0.618 e. The van der Waals surface area contributed by atoms with Gasteiger partial charge in [-0.25, -0.2) is 0 Å². The van der Waals surface area contributed by atoms with E-state index in [1.54, 1.807) is 12.1 Å². The Morgan fingerprint density at radius 2 is 1.76 bits per heavy atom. The molecule has 0 N–H and O–H groups in total. The van der Waals surface area contributed by atoms with E-state index < -0.39 is 15.0 Å². The molecule has 0 aliphatic heterocycles. The summed E-state index contributed by atoms with van der Waals surface area (Å²) < 4.78 is 29.9. The van der Waals surface area contributed by atoms with Crippen LogP contribution in [0.2, 0.25) is 0 Å². The number of rotatable bonds is 4. The average molecular weight is 360 g/mol. The third kappa shape index (κ3) is 3.36. The van der Waals surface area contributed by atoms with Crippen LogP contribution < -0.4 is 8.91 Å². The molecule has 0 aliphatic rings. The first-order valence-corrected chi connectivity index (χ1v) is 8.50. The number of hydrogen-bond donors (Lipinski definition) is 0. The van der Waals surface area contributed by atoms with Gasteiger partial charge in [0.05, 0.1) is 16.4 Å². The molecule has 0 bridgehead atoms. The predicted molar refractivity (Wildman–Crippen MR) is 88.6 cm³/mol. The topological polar surface area (TPSA) is 113 Å². The van der Waals surface area contributed by atoms with E-state index in [-0.39, 0.29) is 21.8 Å². The van der Waals surface area contributed by atoms with E-state index in [1.807, 2.05) is 6.92 Å². The lowest BCUT2D eigenvalue weighted by Crippen LogP contribution is -2.26. The Labute approximate surface area is 142 Å². The Bertz CT molecular complexity index is 1080. The van der Waals surface area contributed by atoms with E-state index in [1.165, 1.54) is 36.4 Å². The van der Waals surface area contributed by atoms with E-state index in [9.17, 15) is 23.7 Å². The Balaban J connectivity index is 1.99. The predicted octanol–water partition coefficient (Wildman–Crippen LogP) is 2.46. The van der Waals surface area contributed by atoms with Crippen LogP contribution in [0.5, 0.6) is 5.75 Å². The van der Waals surface area contributed by atoms with Gasteiger partial charge in [0.2, 0.25) is 5.52 Å². The van der Waals surface area contributed by atoms with Gasteiger partial charge in [0.25, 0.3) is 6.20 Å². The van der Waals surface area contributed by atoms with E-state index in [4.69, 9.17) is 4.18 Å². The van der Waals surface area contributed by atoms with E-state index in [0.29, 0.717) is 10.1 Å². The second-order valence-electron chi connectivity index (χ2n) is 5.35. The van der Waals surface area contributed by atoms with Gasteiger partial charge in [-0.3, -0.25) is 10.1 Å². The fraction of sp³-hybridized carbons (Fsp3) is 0.0625. The monoisotopic (exact) mass is 360 g/mol. The van der Waals surface area contributed by atoms with Gasteiger partial charge in [-0.05, 0) is 31.2 Å². The van der Waals surface area contributed by atoms with Crippen molar-refractivity contribution in [2.45, 2.75) is 11.8 Å². The molecule has 1 heterocycles. The fourth-order valence-electron chi connectivity index (χ4n) is 2.25. The van der Waals surface area contributed by atoms with Gasteiger partial charge in [0, 0.05) is 6.07 Å². The zero-order valence-corrected chi connectivity index (χ0v) is 13.8. The number of fused-ring (bicyclic) bond motifs is 1. The van der Waals surface area contributed by atoms with E-state index in [2.05, 4.69) is 0 Å². The molecule has 128 valence electrons. The highest BCUT2D eigenvalue weighted by Crippen LogP contribution is 2.24. The highest BCUT2D eigenvalue weighted by molar-refractivity contribution is 7.87. The van der Waals surface area contributed by atoms with Crippen molar-refractivity contribution in [3.63, 3.8) is 0 Å². The van der Waals surface area contributed by atoms with Gasteiger partial charge in [-0.2, -0.15) is 13.1 Å². The third-order valence-corrected chi connectivity index (χ3v) is 4.78. The van der Waals surface area contributed by atoms with Crippen LogP contribution in [0.25, 0.3) is 10.9 Å². The lowest BCUT2D eigenvalue weighted by Gasteiger charge is -2.08. The summed E-state index contributed by atoms with van der Waals surface area (Å²) in [6, 6.07) is 11.3. The van der Waals surface area contributed by atoms with Gasteiger partial charge < -0.3 is 9.39 Å². The van der Waals surface area contributed by atoms with Crippen molar-refractivity contribution in [3.8, 4) is 5.75 Å². The maximum absolute atomic E-state index is 12.3. The first-order valence-electron chi connectivity index (χ1n) is 7.09. The fourth-order valence-corrected chi connectivity index (χ4v) is 3.18. The van der Waals surface area contributed by atoms with Crippen molar-refractivity contribution in [1.29, 1.82) is 0 Å². The van der Waals surface area contributed by atoms with Crippen molar-refractivity contribution in [2.75, 3.05) is 0 Å². The number of pyridine rings is 1. The molecule has 25 heavy (non-hydrogen) atoms. The summed E-state index contributed by atoms with van der Waals surface area (Å²) in [4.78, 5) is 10.1. The maximum Gasteiger partial charge on any atom is 0.339 e. The summed E-state index contributed by atoms with van der Waals surface area (Å²) >= 11 is 0. The van der Waals surface area contributed by atoms with Gasteiger partial charge in [0.1, 0.15) is 10.6 Å². The highest BCUT2D eigenvalue weighted by atomic mass is 32.2. The van der Waals surface area contributed by atoms with Crippen LogP contribution in [0.15, 0.2) is 59.6 Å². The number of benzene rings is 2. The second-order valence-corrected chi connectivity index (χ2v) is 6.90. The van der Waals surface area contributed by atoms with Crippen molar-refractivity contribution >= 4 is 26.7 Å². The van der Waals surface area contributed by atoms with Crippen molar-refractivity contribution in [2.24, 2.45) is 0 Å². The van der Waals surface area contributed by atoms with Crippen LogP contribution in [0.4, 0.5) is 5.69 Å². The highest BCUT2D eigenvalue weighted by Gasteiger charge is 2.19. The van der Waals surface area contributed by atoms with Crippen molar-refractivity contribution < 1.29 is 22.3 Å². The molecule has 0 amide bonds. The quantitative estimate of drug-likeness (QED) is 0.232. The molecule has 9 heteroatoms. The number of hydrogen-bond acceptors (Lipinski definition) is 6. The molecule has 0 saturated heterocycles. The zero-order chi connectivity index (χ0) is 18.2. The number of nitrogens with zero attached hydrogens (tertiary/aromatic N) is 2. The van der Waals surface area contributed by atoms with Crippen LogP contribution in [-0.2, 0) is 10.1 Å². The van der Waals surface area contributed by atoms with Gasteiger partial charge in [-0.1, -0.05) is 17.7 Å². The minimum Gasteiger partial charge on any atom is -0.618 e. The smallest absolute Gasteiger partial charge is 0.339 e. The Morgan fingerprint density at radius 1 is 1.08 bits per heavy atom. The summed E-state index contributed by atoms with van der Waals surface area (Å²) in [6.45, 7) is 1.83. The van der Waals surface area contributed by atoms with E-state index >= 15 is 0 Å². The molecular weight excluding hydrogens is 348 g/mol. The molecule has 3 rings (SSSR count). The maximum atomic E-state index is 12.3. The number of aromatic nitrogens is 1. The Kier molecular flexibility index (Phi) is 4.01. The summed E-state index contributed by atoms with van der Waals surface area (Å²) in [6.07, 6.45) is 0.806. The summed E-state index contributed by atoms with van der Waals surface area (Å²) in [5, 5.41) is 23.0. The standard InChI is InChI=1S/C16H12N2O6S/c1-11-2-6-15(7-3-11)25(22,23)24-14-5-4-12-8-13(18(20)21)10-17(19)16(12)9-14/h2-10H,1H3. The molecule has 0 atom stereocenters. The number of aryl methyl sites for hydroxylation is 1. The molecule has 0 aliphatic carbocycles. The lowest BCUT2D eigenvalue weighted by molar-refractivity contribution is -0.582. The molecule has 0 saturated carbocycles. The van der Waals surface area contributed by atoms with Crippen LogP contribution >= 0.6 is 0 Å². The molecule has 8 nitrogen and oxygen atoms in total. The van der Waals surface area contributed by atoms with Gasteiger partial charge >= 0.3 is 15.8 Å². The molecule has 0 fully saturated rings. The van der Waals surface area contributed by atoms with Crippen molar-refractivity contribution in [1.82, 2.24) is 0 Å². The molecule has 3 aromatic rings. The number of nitro groups is 1. The average Bonchev–Trinajstić information content (AvgIpc) is 2.55. The SMILES string of the molecule is Cc1ccc(S(=O)(=O)Oc2ccc3cc([N+](=O)[O-])c[n+]([O-])c3c2)cc1. The van der Waals surface area contributed by atoms with Crippen LogP contribution in [0.3, 0.4) is 0 Å². The summed E-state index contributed by atoms with van der Waals surface area (Å²) in [5.41, 5.74) is 0.601. The van der Waals surface area contributed by atoms with E-state index in [0.717, 1.165) is 11.8 Å². The molecule has 0 radical (unpaired) electrons. The molecule has 2 aromatic carbocycles. The van der Waals surface area contributed by atoms with Crippen LogP contribution in [0, 0.1) is 22.2 Å². The molecule has 0 unspecified atom stereocenters. The van der Waals surface area contributed by atoms with Gasteiger partial charge in [0.15, 0.2) is 0 Å². The normalized spacial score (nSPS) is 11.4. The first kappa shape index (κ1) is 16.7. The Hall–Kier alpha value is -3.20. The third-order valence-electron chi connectivity index (χ3n) is 3.52. The van der Waals surface area contributed by atoms with Gasteiger partial charge in [-0.15, -0.1) is 0 Å². The van der Waals surface area contributed by atoms with Crippen molar-refractivity contribution in [3.05, 3.63) is 75.6 Å². The summed E-state index contributed by atoms with van der Waals surface area (Å²) in [5.74, 6) is -0.0634. The second kappa shape index (κ2) is 6.02.